The summed E-state index contributed by atoms with van der Waals surface area (Å²) in [6.45, 7) is 4.04. The first-order valence-electron chi connectivity index (χ1n) is 10.4. The van der Waals surface area contributed by atoms with Gasteiger partial charge in [-0.2, -0.15) is 5.26 Å². The molecule has 2 amide bonds. The van der Waals surface area contributed by atoms with Gasteiger partial charge in [-0.05, 0) is 31.5 Å². The maximum absolute atomic E-state index is 12.6. The van der Waals surface area contributed by atoms with Crippen molar-refractivity contribution in [1.82, 2.24) is 14.9 Å². The van der Waals surface area contributed by atoms with Crippen LogP contribution in [0.15, 0.2) is 55.0 Å². The molecule has 8 heteroatoms. The van der Waals surface area contributed by atoms with Crippen LogP contribution in [0.1, 0.15) is 37.4 Å². The lowest BCUT2D eigenvalue weighted by Gasteiger charge is -2.18. The molecule has 0 radical (unpaired) electrons. The van der Waals surface area contributed by atoms with Crippen LogP contribution >= 0.6 is 0 Å². The zero-order valence-electron chi connectivity index (χ0n) is 18.0. The first-order chi connectivity index (χ1) is 15.4. The predicted molar refractivity (Wildman–Crippen MR) is 120 cm³/mol. The highest BCUT2D eigenvalue weighted by atomic mass is 16.5. The standard InChI is InChI=1S/C24H25N5O3/c1-24(2,31)9-10-32-22-11-17(8-7-16(22)12-25)28-23(30)27-14-21-19-6-4-3-5-18(19)20-13-26-15-29(20)21/h3-8,11,13,15,21,31H,9-10,14H2,1-2H3,(H2,27,28,30). The van der Waals surface area contributed by atoms with E-state index < -0.39 is 5.60 Å². The minimum Gasteiger partial charge on any atom is -0.492 e. The van der Waals surface area contributed by atoms with Crippen LogP contribution < -0.4 is 15.4 Å². The number of nitrogens with one attached hydrogen (secondary N) is 2. The van der Waals surface area contributed by atoms with Crippen LogP contribution in [-0.2, 0) is 0 Å². The van der Waals surface area contributed by atoms with E-state index in [0.717, 1.165) is 16.8 Å². The van der Waals surface area contributed by atoms with Gasteiger partial charge in [0, 0.05) is 30.3 Å². The van der Waals surface area contributed by atoms with Crippen LogP contribution in [0.5, 0.6) is 5.75 Å². The zero-order valence-corrected chi connectivity index (χ0v) is 18.0. The van der Waals surface area contributed by atoms with Crippen LogP contribution in [0.2, 0.25) is 0 Å². The lowest BCUT2D eigenvalue weighted by Crippen LogP contribution is -2.33. The minimum atomic E-state index is -0.865. The minimum absolute atomic E-state index is 0.0313. The quantitative estimate of drug-likeness (QED) is 0.528. The van der Waals surface area contributed by atoms with Gasteiger partial charge < -0.3 is 25.0 Å². The summed E-state index contributed by atoms with van der Waals surface area (Å²) in [5.74, 6) is 0.363. The number of carbonyl (C=O) groups excluding carboxylic acids is 1. The van der Waals surface area contributed by atoms with Gasteiger partial charge in [-0.3, -0.25) is 0 Å². The number of amides is 2. The van der Waals surface area contributed by atoms with Gasteiger partial charge >= 0.3 is 6.03 Å². The van der Waals surface area contributed by atoms with Gasteiger partial charge in [0.1, 0.15) is 11.8 Å². The molecule has 32 heavy (non-hydrogen) atoms. The zero-order chi connectivity index (χ0) is 22.7. The van der Waals surface area contributed by atoms with Crippen LogP contribution in [0.4, 0.5) is 10.5 Å². The van der Waals surface area contributed by atoms with Gasteiger partial charge in [-0.25, -0.2) is 9.78 Å². The molecule has 0 spiro atoms. The molecule has 164 valence electrons. The topological polar surface area (TPSA) is 112 Å². The first-order valence-corrected chi connectivity index (χ1v) is 10.4. The molecule has 0 bridgehead atoms. The van der Waals surface area contributed by atoms with Gasteiger partial charge in [-0.1, -0.05) is 24.3 Å². The Morgan fingerprint density at radius 3 is 2.91 bits per heavy atom. The molecule has 2 heterocycles. The molecule has 0 saturated carbocycles. The normalized spacial score (nSPS) is 14.2. The van der Waals surface area contributed by atoms with Crippen molar-refractivity contribution in [1.29, 1.82) is 5.26 Å². The van der Waals surface area contributed by atoms with Crippen molar-refractivity contribution in [2.24, 2.45) is 0 Å². The SMILES string of the molecule is CC(C)(O)CCOc1cc(NC(=O)NCC2c3ccccc3-c3cncn32)ccc1C#N. The summed E-state index contributed by atoms with van der Waals surface area (Å²) >= 11 is 0. The number of hydrogen-bond acceptors (Lipinski definition) is 5. The van der Waals surface area contributed by atoms with E-state index in [4.69, 9.17) is 4.74 Å². The van der Waals surface area contributed by atoms with Gasteiger partial charge in [0.25, 0.3) is 0 Å². The Labute approximate surface area is 186 Å². The van der Waals surface area contributed by atoms with E-state index >= 15 is 0 Å². The second-order valence-electron chi connectivity index (χ2n) is 8.36. The van der Waals surface area contributed by atoms with Crippen LogP contribution in [0, 0.1) is 11.3 Å². The Bertz CT molecular complexity index is 1170. The largest absolute Gasteiger partial charge is 0.492 e. The number of nitriles is 1. The molecule has 1 aliphatic heterocycles. The van der Waals surface area contributed by atoms with Crippen molar-refractivity contribution in [2.75, 3.05) is 18.5 Å². The molecule has 2 aromatic carbocycles. The van der Waals surface area contributed by atoms with Gasteiger partial charge in [0.05, 0.1) is 42.0 Å². The lowest BCUT2D eigenvalue weighted by atomic mass is 10.0. The summed E-state index contributed by atoms with van der Waals surface area (Å²) in [5.41, 5.74) is 3.31. The monoisotopic (exact) mass is 431 g/mol. The fourth-order valence-corrected chi connectivity index (χ4v) is 3.73. The molecule has 0 aliphatic carbocycles. The van der Waals surface area contributed by atoms with E-state index in [1.165, 1.54) is 0 Å². The fourth-order valence-electron chi connectivity index (χ4n) is 3.73. The van der Waals surface area contributed by atoms with E-state index in [-0.39, 0.29) is 18.7 Å². The number of rotatable bonds is 7. The molecule has 0 saturated heterocycles. The maximum atomic E-state index is 12.6. The summed E-state index contributed by atoms with van der Waals surface area (Å²) in [6, 6.07) is 14.6. The molecule has 3 N–H and O–H groups in total. The Kier molecular flexibility index (Phi) is 5.84. The summed E-state index contributed by atoms with van der Waals surface area (Å²) in [5, 5.41) is 24.9. The number of carbonyl (C=O) groups is 1. The van der Waals surface area contributed by atoms with Crippen molar-refractivity contribution in [3.63, 3.8) is 0 Å². The number of aromatic nitrogens is 2. The first kappa shape index (κ1) is 21.4. The Morgan fingerprint density at radius 2 is 2.12 bits per heavy atom. The van der Waals surface area contributed by atoms with Crippen molar-refractivity contribution in [2.45, 2.75) is 31.9 Å². The number of fused-ring (bicyclic) bond motifs is 3. The highest BCUT2D eigenvalue weighted by molar-refractivity contribution is 5.89. The van der Waals surface area contributed by atoms with E-state index in [1.807, 2.05) is 18.3 Å². The average Bonchev–Trinajstić information content (AvgIpc) is 3.33. The molecular weight excluding hydrogens is 406 g/mol. The average molecular weight is 431 g/mol. The number of anilines is 1. The van der Waals surface area contributed by atoms with Gasteiger partial charge in [0.2, 0.25) is 0 Å². The van der Waals surface area contributed by atoms with Gasteiger partial charge in [0.15, 0.2) is 0 Å². The maximum Gasteiger partial charge on any atom is 0.319 e. The van der Waals surface area contributed by atoms with Crippen molar-refractivity contribution in [3.05, 3.63) is 66.1 Å². The number of aliphatic hydroxyl groups is 1. The molecule has 1 aromatic heterocycles. The van der Waals surface area contributed by atoms with Gasteiger partial charge in [-0.15, -0.1) is 0 Å². The summed E-state index contributed by atoms with van der Waals surface area (Å²) < 4.78 is 7.73. The summed E-state index contributed by atoms with van der Waals surface area (Å²) in [4.78, 5) is 16.8. The number of imidazole rings is 1. The Balaban J connectivity index is 1.40. The lowest BCUT2D eigenvalue weighted by molar-refractivity contribution is 0.0553. The highest BCUT2D eigenvalue weighted by Gasteiger charge is 2.28. The molecule has 0 fully saturated rings. The highest BCUT2D eigenvalue weighted by Crippen LogP contribution is 2.38. The molecular formula is C24H25N5O3. The molecule has 1 aliphatic rings. The smallest absolute Gasteiger partial charge is 0.319 e. The molecule has 3 aromatic rings. The van der Waals surface area contributed by atoms with E-state index in [1.54, 1.807) is 38.4 Å². The third kappa shape index (κ3) is 4.58. The third-order valence-corrected chi connectivity index (χ3v) is 5.38. The van der Waals surface area contributed by atoms with Crippen LogP contribution in [-0.4, -0.2) is 39.4 Å². The molecule has 1 unspecified atom stereocenters. The number of urea groups is 1. The number of hydrogen-bond donors (Lipinski definition) is 3. The second-order valence-corrected chi connectivity index (χ2v) is 8.36. The predicted octanol–water partition coefficient (Wildman–Crippen LogP) is 3.69. The molecule has 8 nitrogen and oxygen atoms in total. The molecule has 1 atom stereocenters. The van der Waals surface area contributed by atoms with Crippen molar-refractivity contribution < 1.29 is 14.6 Å². The summed E-state index contributed by atoms with van der Waals surface area (Å²) in [6.07, 6.45) is 4.02. The number of nitrogens with zero attached hydrogens (tertiary/aromatic N) is 3. The van der Waals surface area contributed by atoms with E-state index in [2.05, 4.69) is 38.4 Å². The molecule has 4 rings (SSSR count). The fraction of sp³-hybridized carbons (Fsp3) is 0.292. The Hall–Kier alpha value is -3.83. The summed E-state index contributed by atoms with van der Waals surface area (Å²) in [7, 11) is 0. The van der Waals surface area contributed by atoms with E-state index in [9.17, 15) is 15.2 Å². The second kappa shape index (κ2) is 8.73. The van der Waals surface area contributed by atoms with Crippen molar-refractivity contribution >= 4 is 11.7 Å². The Morgan fingerprint density at radius 1 is 1.31 bits per heavy atom. The van der Waals surface area contributed by atoms with Crippen LogP contribution in [0.3, 0.4) is 0 Å². The number of ether oxygens (including phenoxy) is 1. The van der Waals surface area contributed by atoms with Crippen molar-refractivity contribution in [3.8, 4) is 23.1 Å². The van der Waals surface area contributed by atoms with Crippen LogP contribution in [0.25, 0.3) is 11.3 Å². The third-order valence-electron chi connectivity index (χ3n) is 5.38. The van der Waals surface area contributed by atoms with E-state index in [0.29, 0.717) is 30.0 Å². The number of benzene rings is 2.